The van der Waals surface area contributed by atoms with Gasteiger partial charge in [0.15, 0.2) is 0 Å². The second-order valence-electron chi connectivity index (χ2n) is 11.9. The minimum atomic E-state index is -3.97. The number of aromatic nitrogens is 1. The Kier molecular flexibility index (Phi) is 6.70. The lowest BCUT2D eigenvalue weighted by molar-refractivity contribution is -0.154. The number of hydrogen-bond acceptors (Lipinski definition) is 6. The van der Waals surface area contributed by atoms with Crippen molar-refractivity contribution < 1.29 is 23.2 Å². The Morgan fingerprint density at radius 3 is 2.46 bits per heavy atom. The number of amides is 3. The largest absolute Gasteiger partial charge is 0.369 e. The predicted octanol–water partition coefficient (Wildman–Crippen LogP) is 4.85. The van der Waals surface area contributed by atoms with Crippen LogP contribution in [0, 0.1) is 22.7 Å². The fourth-order valence-electron chi connectivity index (χ4n) is 6.04. The van der Waals surface area contributed by atoms with Gasteiger partial charge in [-0.05, 0) is 36.1 Å². The molecular formula is C28H27Cl2F2N5O3S. The van der Waals surface area contributed by atoms with Gasteiger partial charge in [0.25, 0.3) is 0 Å². The van der Waals surface area contributed by atoms with Crippen molar-refractivity contribution >= 4 is 68.2 Å². The van der Waals surface area contributed by atoms with Crippen molar-refractivity contribution in [3.8, 4) is 0 Å². The zero-order chi connectivity index (χ0) is 29.3. The molecule has 1 aromatic heterocycles. The van der Waals surface area contributed by atoms with E-state index in [1.165, 1.54) is 17.4 Å². The van der Waals surface area contributed by atoms with E-state index in [0.29, 0.717) is 26.2 Å². The summed E-state index contributed by atoms with van der Waals surface area (Å²) >= 11 is 13.2. The molecule has 3 aliphatic rings. The highest BCUT2D eigenvalue weighted by atomic mass is 35.5. The fraction of sp³-hybridized carbons (Fsp3) is 0.429. The number of halogens is 4. The number of anilines is 1. The SMILES string of the molecule is CC1(C)C[C@@H]1C(=O)N1CC2(C1)CN(c1cccc3ncsc13)CC2C(=O)NNC(=O)C(F)(F)c1ccc(Cl)c(Cl)c1. The van der Waals surface area contributed by atoms with Crippen molar-refractivity contribution in [3.63, 3.8) is 0 Å². The van der Waals surface area contributed by atoms with E-state index < -0.39 is 34.6 Å². The second-order valence-corrected chi connectivity index (χ2v) is 13.5. The zero-order valence-electron chi connectivity index (χ0n) is 22.2. The summed E-state index contributed by atoms with van der Waals surface area (Å²) in [6, 6.07) is 8.86. The van der Waals surface area contributed by atoms with Gasteiger partial charge >= 0.3 is 11.8 Å². The summed E-state index contributed by atoms with van der Waals surface area (Å²) in [6.07, 6.45) is 0.831. The molecule has 1 unspecified atom stereocenters. The molecule has 3 aromatic rings. The molecule has 1 spiro atoms. The molecule has 1 aliphatic carbocycles. The molecular weight excluding hydrogens is 595 g/mol. The monoisotopic (exact) mass is 621 g/mol. The molecule has 3 fully saturated rings. The van der Waals surface area contributed by atoms with Crippen LogP contribution < -0.4 is 15.8 Å². The van der Waals surface area contributed by atoms with Gasteiger partial charge in [0.05, 0.1) is 37.4 Å². The van der Waals surface area contributed by atoms with Crippen LogP contribution in [-0.2, 0) is 20.3 Å². The highest BCUT2D eigenvalue weighted by molar-refractivity contribution is 7.17. The van der Waals surface area contributed by atoms with Crippen LogP contribution in [0.1, 0.15) is 25.8 Å². The Morgan fingerprint density at radius 2 is 1.78 bits per heavy atom. The Morgan fingerprint density at radius 1 is 1.05 bits per heavy atom. The van der Waals surface area contributed by atoms with Crippen molar-refractivity contribution in [2.75, 3.05) is 31.1 Å². The van der Waals surface area contributed by atoms with Gasteiger partial charge in [0.2, 0.25) is 11.8 Å². The Labute approximate surface area is 248 Å². The van der Waals surface area contributed by atoms with Crippen LogP contribution in [0.2, 0.25) is 10.0 Å². The molecule has 1 saturated carbocycles. The molecule has 2 aromatic carbocycles. The molecule has 13 heteroatoms. The number of nitrogens with zero attached hydrogens (tertiary/aromatic N) is 3. The molecule has 3 amide bonds. The molecule has 8 nitrogen and oxygen atoms in total. The van der Waals surface area contributed by atoms with Gasteiger partial charge in [0, 0.05) is 43.1 Å². The summed E-state index contributed by atoms with van der Waals surface area (Å²) < 4.78 is 30.7. The first-order valence-electron chi connectivity index (χ1n) is 13.1. The standard InChI is InChI=1S/C28H27Cl2F2N5O3S/c1-26(2)9-16(26)24(39)37-12-27(13-37)11-36(21-5-3-4-20-22(21)41-14-33-20)10-17(27)23(38)34-35-25(40)28(31,32)15-6-7-18(29)19(30)8-15/h3-8,14,16-17H,9-13H2,1-2H3,(H,34,38)(H,35,40)/t16-,17?/m1/s1. The highest BCUT2D eigenvalue weighted by Crippen LogP contribution is 2.55. The molecule has 2 aliphatic heterocycles. The topological polar surface area (TPSA) is 94.6 Å². The van der Waals surface area contributed by atoms with E-state index in [1.807, 2.05) is 23.6 Å². The van der Waals surface area contributed by atoms with Gasteiger partial charge in [-0.2, -0.15) is 8.78 Å². The van der Waals surface area contributed by atoms with Crippen LogP contribution in [0.15, 0.2) is 41.9 Å². The molecule has 41 heavy (non-hydrogen) atoms. The number of benzene rings is 2. The summed E-state index contributed by atoms with van der Waals surface area (Å²) in [6.45, 7) is 5.65. The van der Waals surface area contributed by atoms with Gasteiger partial charge in [-0.15, -0.1) is 11.3 Å². The summed E-state index contributed by atoms with van der Waals surface area (Å²) in [7, 11) is 0. The third kappa shape index (κ3) is 4.81. The van der Waals surface area contributed by atoms with E-state index in [4.69, 9.17) is 23.2 Å². The van der Waals surface area contributed by atoms with Crippen LogP contribution in [-0.4, -0.2) is 53.8 Å². The molecule has 6 rings (SSSR count). The smallest absolute Gasteiger partial charge is 0.351 e. The summed E-state index contributed by atoms with van der Waals surface area (Å²) in [5.41, 5.74) is 6.37. The number of carbonyl (C=O) groups excluding carboxylic acids is 3. The third-order valence-corrected chi connectivity index (χ3v) is 10.2. The second kappa shape index (κ2) is 9.78. The number of nitrogens with one attached hydrogen (secondary N) is 2. The van der Waals surface area contributed by atoms with E-state index in [1.54, 1.807) is 10.4 Å². The van der Waals surface area contributed by atoms with Crippen LogP contribution >= 0.6 is 34.5 Å². The Balaban J connectivity index is 1.20. The lowest BCUT2D eigenvalue weighted by atomic mass is 9.71. The van der Waals surface area contributed by atoms with Gasteiger partial charge in [0.1, 0.15) is 0 Å². The van der Waals surface area contributed by atoms with E-state index in [2.05, 4.69) is 29.2 Å². The third-order valence-electron chi connectivity index (χ3n) is 8.64. The average molecular weight is 623 g/mol. The number of fused-ring (bicyclic) bond motifs is 1. The number of thiazole rings is 1. The molecule has 2 N–H and O–H groups in total. The van der Waals surface area contributed by atoms with Crippen LogP contribution in [0.25, 0.3) is 10.2 Å². The number of rotatable bonds is 5. The summed E-state index contributed by atoms with van der Waals surface area (Å²) in [5.74, 6) is -6.89. The average Bonchev–Trinajstić information content (AvgIpc) is 3.26. The first-order valence-corrected chi connectivity index (χ1v) is 14.8. The Bertz CT molecular complexity index is 1580. The maximum Gasteiger partial charge on any atom is 0.351 e. The zero-order valence-corrected chi connectivity index (χ0v) is 24.5. The Hall–Kier alpha value is -3.02. The van der Waals surface area contributed by atoms with E-state index in [0.717, 1.165) is 34.5 Å². The molecule has 3 heterocycles. The number of hydrogen-bond donors (Lipinski definition) is 2. The van der Waals surface area contributed by atoms with Crippen molar-refractivity contribution in [3.05, 3.63) is 57.5 Å². The highest BCUT2D eigenvalue weighted by Gasteiger charge is 2.61. The van der Waals surface area contributed by atoms with Gasteiger partial charge in [-0.1, -0.05) is 49.2 Å². The molecule has 2 atom stereocenters. The van der Waals surface area contributed by atoms with Crippen molar-refractivity contribution in [2.24, 2.45) is 22.7 Å². The molecule has 216 valence electrons. The predicted molar refractivity (Wildman–Crippen MR) is 153 cm³/mol. The van der Waals surface area contributed by atoms with E-state index in [9.17, 15) is 23.2 Å². The van der Waals surface area contributed by atoms with Gasteiger partial charge in [-0.3, -0.25) is 25.2 Å². The van der Waals surface area contributed by atoms with Crippen LogP contribution in [0.4, 0.5) is 14.5 Å². The molecule has 2 saturated heterocycles. The van der Waals surface area contributed by atoms with Crippen LogP contribution in [0.3, 0.4) is 0 Å². The number of alkyl halides is 2. The molecule has 0 radical (unpaired) electrons. The van der Waals surface area contributed by atoms with Gasteiger partial charge in [-0.25, -0.2) is 4.98 Å². The molecule has 0 bridgehead atoms. The van der Waals surface area contributed by atoms with Crippen molar-refractivity contribution in [1.29, 1.82) is 0 Å². The summed E-state index contributed by atoms with van der Waals surface area (Å²) in [4.78, 5) is 47.3. The minimum Gasteiger partial charge on any atom is -0.369 e. The fourth-order valence-corrected chi connectivity index (χ4v) is 7.17. The normalized spacial score (nSPS) is 22.5. The first kappa shape index (κ1) is 28.1. The van der Waals surface area contributed by atoms with Crippen molar-refractivity contribution in [1.82, 2.24) is 20.7 Å². The number of likely N-dealkylation sites (tertiary alicyclic amines) is 1. The number of carbonyl (C=O) groups is 3. The van der Waals surface area contributed by atoms with Crippen LogP contribution in [0.5, 0.6) is 0 Å². The van der Waals surface area contributed by atoms with E-state index in [-0.39, 0.29) is 27.3 Å². The quantitative estimate of drug-likeness (QED) is 0.397. The first-order chi connectivity index (χ1) is 19.3. The van der Waals surface area contributed by atoms with E-state index >= 15 is 0 Å². The number of hydrazine groups is 1. The minimum absolute atomic E-state index is 0.0238. The lowest BCUT2D eigenvalue weighted by Gasteiger charge is -2.50. The summed E-state index contributed by atoms with van der Waals surface area (Å²) in [5, 5.41) is -0.0494. The van der Waals surface area contributed by atoms with Gasteiger partial charge < -0.3 is 9.80 Å². The lowest BCUT2D eigenvalue weighted by Crippen LogP contribution is -2.65. The maximum absolute atomic E-state index is 14.9. The maximum atomic E-state index is 14.9. The van der Waals surface area contributed by atoms with Crippen molar-refractivity contribution in [2.45, 2.75) is 26.2 Å².